The third-order valence-electron chi connectivity index (χ3n) is 5.39. The Balaban J connectivity index is 1.87. The first-order valence-electron chi connectivity index (χ1n) is 10.5. The summed E-state index contributed by atoms with van der Waals surface area (Å²) < 4.78 is 12.9. The van der Waals surface area contributed by atoms with Crippen molar-refractivity contribution in [1.82, 2.24) is 0 Å². The molecule has 1 atom stereocenters. The van der Waals surface area contributed by atoms with E-state index in [2.05, 4.69) is 36.4 Å². The fraction of sp³-hybridized carbons (Fsp3) is 0.0714. The maximum absolute atomic E-state index is 13.4. The lowest BCUT2D eigenvalue weighted by atomic mass is 10.2. The number of hydrogen-bond donors (Lipinski definition) is 0. The molecule has 0 fully saturated rings. The molecule has 4 rings (SSSR count). The topological polar surface area (TPSA) is 34.1 Å². The Morgan fingerprint density at radius 3 is 1.50 bits per heavy atom. The van der Waals surface area contributed by atoms with Crippen molar-refractivity contribution in [2.75, 3.05) is 5.75 Å². The molecular formula is C28H25O2PS. The highest BCUT2D eigenvalue weighted by atomic mass is 32.2. The predicted molar refractivity (Wildman–Crippen MR) is 139 cm³/mol. The van der Waals surface area contributed by atoms with Crippen molar-refractivity contribution in [2.24, 2.45) is 0 Å². The smallest absolute Gasteiger partial charge is 0.169 e. The van der Waals surface area contributed by atoms with Crippen LogP contribution in [0.15, 0.2) is 120 Å². The number of ketones is 1. The lowest BCUT2D eigenvalue weighted by Gasteiger charge is -2.28. The van der Waals surface area contributed by atoms with Gasteiger partial charge in [-0.1, -0.05) is 109 Å². The number of Topliss-reactive ketones (excluding diaryl/α,β-unsaturated/α-hetero) is 1. The van der Waals surface area contributed by atoms with Crippen molar-refractivity contribution in [3.8, 4) is 0 Å². The summed E-state index contributed by atoms with van der Waals surface area (Å²) in [5.74, 6) is 1.73. The SMILES string of the molecule is Cc1ccc(S(=O)CC(=O)C=P(c2ccccc2)(c2ccccc2)c2ccccc2)cc1. The molecule has 0 saturated heterocycles. The van der Waals surface area contributed by atoms with E-state index in [-0.39, 0.29) is 11.5 Å². The van der Waals surface area contributed by atoms with E-state index >= 15 is 0 Å². The third kappa shape index (κ3) is 4.75. The van der Waals surface area contributed by atoms with Crippen molar-refractivity contribution in [3.05, 3.63) is 121 Å². The van der Waals surface area contributed by atoms with E-state index in [1.807, 2.05) is 91.6 Å². The zero-order valence-corrected chi connectivity index (χ0v) is 19.6. The molecule has 0 N–H and O–H groups in total. The van der Waals surface area contributed by atoms with Gasteiger partial charge in [-0.05, 0) is 47.7 Å². The molecule has 0 radical (unpaired) electrons. The second kappa shape index (κ2) is 10.1. The molecule has 0 aliphatic rings. The molecular weight excluding hydrogens is 431 g/mol. The van der Waals surface area contributed by atoms with E-state index in [1.165, 1.54) is 0 Å². The van der Waals surface area contributed by atoms with Crippen molar-refractivity contribution >= 4 is 45.2 Å². The van der Waals surface area contributed by atoms with Crippen molar-refractivity contribution in [3.63, 3.8) is 0 Å². The minimum absolute atomic E-state index is 0.0304. The van der Waals surface area contributed by atoms with E-state index in [0.717, 1.165) is 21.5 Å². The number of aryl methyl sites for hydroxylation is 1. The number of benzene rings is 4. The average Bonchev–Trinajstić information content (AvgIpc) is 2.84. The van der Waals surface area contributed by atoms with Crippen LogP contribution < -0.4 is 15.9 Å². The van der Waals surface area contributed by atoms with Gasteiger partial charge in [-0.2, -0.15) is 0 Å². The van der Waals surface area contributed by atoms with Gasteiger partial charge in [-0.3, -0.25) is 9.00 Å². The Hall–Kier alpha value is -3.00. The molecule has 0 aliphatic carbocycles. The summed E-state index contributed by atoms with van der Waals surface area (Å²) in [6, 6.07) is 38.1. The molecule has 0 spiro atoms. The molecule has 0 heterocycles. The lowest BCUT2D eigenvalue weighted by molar-refractivity contribution is -0.110. The van der Waals surface area contributed by atoms with Crippen molar-refractivity contribution in [2.45, 2.75) is 11.8 Å². The van der Waals surface area contributed by atoms with Crippen LogP contribution in [0, 0.1) is 6.92 Å². The van der Waals surface area contributed by atoms with Crippen molar-refractivity contribution in [1.29, 1.82) is 0 Å². The lowest BCUT2D eigenvalue weighted by Crippen LogP contribution is -2.29. The molecule has 4 aromatic carbocycles. The molecule has 32 heavy (non-hydrogen) atoms. The summed E-state index contributed by atoms with van der Waals surface area (Å²) in [5.41, 5.74) is 1.10. The van der Waals surface area contributed by atoms with Gasteiger partial charge < -0.3 is 0 Å². The summed E-state index contributed by atoms with van der Waals surface area (Å²) in [5, 5.41) is 3.31. The van der Waals surface area contributed by atoms with Crippen LogP contribution in [0.5, 0.6) is 0 Å². The van der Waals surface area contributed by atoms with Gasteiger partial charge in [0.1, 0.15) is 0 Å². The Morgan fingerprint density at radius 2 is 1.09 bits per heavy atom. The van der Waals surface area contributed by atoms with Gasteiger partial charge in [-0.15, -0.1) is 0 Å². The normalized spacial score (nSPS) is 12.2. The van der Waals surface area contributed by atoms with Gasteiger partial charge in [0.15, 0.2) is 5.78 Å². The molecule has 1 unspecified atom stereocenters. The Bertz CT molecular complexity index is 1160. The fourth-order valence-corrected chi connectivity index (χ4v) is 8.68. The van der Waals surface area contributed by atoms with Crippen LogP contribution in [-0.2, 0) is 15.6 Å². The molecule has 4 aromatic rings. The van der Waals surface area contributed by atoms with Crippen LogP contribution in [0.25, 0.3) is 0 Å². The second-order valence-electron chi connectivity index (χ2n) is 7.63. The minimum atomic E-state index is -2.37. The van der Waals surface area contributed by atoms with Crippen LogP contribution in [-0.4, -0.2) is 21.5 Å². The third-order valence-corrected chi connectivity index (χ3v) is 10.7. The van der Waals surface area contributed by atoms with Gasteiger partial charge in [0.25, 0.3) is 0 Å². The summed E-state index contributed by atoms with van der Waals surface area (Å²) in [4.78, 5) is 14.1. The second-order valence-corrected chi connectivity index (χ2v) is 12.3. The van der Waals surface area contributed by atoms with Gasteiger partial charge in [0.05, 0.1) is 16.6 Å². The Labute approximate surface area is 192 Å². The Kier molecular flexibility index (Phi) is 6.99. The monoisotopic (exact) mass is 456 g/mol. The first-order chi connectivity index (χ1) is 15.6. The van der Waals surface area contributed by atoms with Gasteiger partial charge in [0, 0.05) is 4.90 Å². The molecule has 160 valence electrons. The van der Waals surface area contributed by atoms with E-state index in [4.69, 9.17) is 0 Å². The van der Waals surface area contributed by atoms with Crippen LogP contribution in [0.2, 0.25) is 0 Å². The molecule has 2 nitrogen and oxygen atoms in total. The minimum Gasteiger partial charge on any atom is -0.294 e. The van der Waals surface area contributed by atoms with Crippen LogP contribution in [0.4, 0.5) is 0 Å². The van der Waals surface area contributed by atoms with Gasteiger partial charge in [0.2, 0.25) is 0 Å². The number of carbonyl (C=O) groups is 1. The summed E-state index contributed by atoms with van der Waals surface area (Å²) in [7, 11) is -1.39. The van der Waals surface area contributed by atoms with Gasteiger partial charge in [-0.25, -0.2) is 0 Å². The number of hydrogen-bond acceptors (Lipinski definition) is 2. The van der Waals surface area contributed by atoms with Crippen molar-refractivity contribution < 1.29 is 9.00 Å². The quantitative estimate of drug-likeness (QED) is 0.385. The van der Waals surface area contributed by atoms with E-state index in [0.29, 0.717) is 4.90 Å². The van der Waals surface area contributed by atoms with Gasteiger partial charge >= 0.3 is 0 Å². The molecule has 0 amide bonds. The summed E-state index contributed by atoms with van der Waals surface area (Å²) >= 11 is 0. The first-order valence-corrected chi connectivity index (χ1v) is 13.7. The maximum atomic E-state index is 13.4. The highest BCUT2D eigenvalue weighted by molar-refractivity contribution is 7.95. The zero-order valence-electron chi connectivity index (χ0n) is 17.9. The molecule has 0 aromatic heterocycles. The average molecular weight is 457 g/mol. The Morgan fingerprint density at radius 1 is 0.688 bits per heavy atom. The largest absolute Gasteiger partial charge is 0.294 e. The fourth-order valence-electron chi connectivity index (χ4n) is 3.82. The number of rotatable bonds is 7. The summed E-state index contributed by atoms with van der Waals surface area (Å²) in [6.07, 6.45) is 0. The van der Waals surface area contributed by atoms with E-state index in [1.54, 1.807) is 0 Å². The molecule has 0 bridgehead atoms. The molecule has 0 aliphatic heterocycles. The number of carbonyl (C=O) groups excluding carboxylic acids is 1. The maximum Gasteiger partial charge on any atom is 0.169 e. The van der Waals surface area contributed by atoms with Crippen LogP contribution in [0.3, 0.4) is 0 Å². The summed E-state index contributed by atoms with van der Waals surface area (Å²) in [6.45, 7) is -0.384. The first kappa shape index (κ1) is 22.2. The van der Waals surface area contributed by atoms with Crippen LogP contribution in [0.1, 0.15) is 5.56 Å². The molecule has 0 saturated carbocycles. The highest BCUT2D eigenvalue weighted by Gasteiger charge is 2.26. The zero-order chi connectivity index (χ0) is 22.4. The highest BCUT2D eigenvalue weighted by Crippen LogP contribution is 2.43. The van der Waals surface area contributed by atoms with E-state index < -0.39 is 17.7 Å². The van der Waals surface area contributed by atoms with Crippen LogP contribution >= 0.6 is 6.89 Å². The van der Waals surface area contributed by atoms with E-state index in [9.17, 15) is 9.00 Å². The standard InChI is InChI=1S/C28H25O2PS/c1-23-17-19-28(20-18-23)32(30)22-24(29)21-31(25-11-5-2-6-12-25,26-13-7-3-8-14-26)27-15-9-4-10-16-27/h2-21H,22H2,1H3. The molecule has 4 heteroatoms. The predicted octanol–water partition coefficient (Wildman–Crippen LogP) is 4.47.